The Balaban J connectivity index is 2.13. The minimum atomic E-state index is -0.782. The lowest BCUT2D eigenvalue weighted by Crippen LogP contribution is -2.33. The third-order valence-corrected chi connectivity index (χ3v) is 4.51. The van der Waals surface area contributed by atoms with Crippen molar-refractivity contribution >= 4 is 10.8 Å². The van der Waals surface area contributed by atoms with Gasteiger partial charge in [0.05, 0.1) is 0 Å². The van der Waals surface area contributed by atoms with Crippen LogP contribution in [0.3, 0.4) is 0 Å². The third-order valence-electron chi connectivity index (χ3n) is 3.14. The van der Waals surface area contributed by atoms with E-state index in [0.717, 1.165) is 18.7 Å². The quantitative estimate of drug-likeness (QED) is 0.678. The van der Waals surface area contributed by atoms with E-state index in [1.807, 2.05) is 38.1 Å². The smallest absolute Gasteiger partial charge is 0.119 e. The molecule has 4 nitrogen and oxygen atoms in total. The topological polar surface area (TPSA) is 58.6 Å². The summed E-state index contributed by atoms with van der Waals surface area (Å²) in [5.41, 5.74) is 1.18. The van der Waals surface area contributed by atoms with E-state index in [1.54, 1.807) is 6.26 Å². The van der Waals surface area contributed by atoms with Crippen molar-refractivity contribution in [2.45, 2.75) is 31.6 Å². The van der Waals surface area contributed by atoms with E-state index in [9.17, 15) is 9.32 Å². The molecule has 1 aromatic carbocycles. The maximum absolute atomic E-state index is 11.2. The van der Waals surface area contributed by atoms with E-state index in [0.29, 0.717) is 6.54 Å². The first-order valence-electron chi connectivity index (χ1n) is 6.89. The van der Waals surface area contributed by atoms with E-state index in [4.69, 9.17) is 4.74 Å². The molecular weight excluding hydrogens is 274 g/mol. The number of aliphatic hydroxyl groups is 1. The van der Waals surface area contributed by atoms with Gasteiger partial charge in [-0.05, 0) is 32.0 Å². The van der Waals surface area contributed by atoms with Gasteiger partial charge in [0.25, 0.3) is 0 Å². The lowest BCUT2D eigenvalue weighted by Gasteiger charge is -2.14. The van der Waals surface area contributed by atoms with Crippen LogP contribution in [0.2, 0.25) is 0 Å². The van der Waals surface area contributed by atoms with Gasteiger partial charge in [0.2, 0.25) is 0 Å². The Morgan fingerprint density at radius 2 is 2.00 bits per heavy atom. The molecule has 1 aromatic rings. The molecule has 0 radical (unpaired) electrons. The number of hydrogen-bond acceptors (Lipinski definition) is 4. The van der Waals surface area contributed by atoms with Crippen LogP contribution in [0.25, 0.3) is 0 Å². The molecule has 114 valence electrons. The van der Waals surface area contributed by atoms with Crippen LogP contribution in [0.15, 0.2) is 24.3 Å². The summed E-state index contributed by atoms with van der Waals surface area (Å²) in [4.78, 5) is 0. The van der Waals surface area contributed by atoms with Gasteiger partial charge >= 0.3 is 0 Å². The number of ether oxygens (including phenoxy) is 1. The number of aryl methyl sites for hydroxylation is 1. The highest BCUT2D eigenvalue weighted by Crippen LogP contribution is 2.11. The lowest BCUT2D eigenvalue weighted by molar-refractivity contribution is 0.106. The predicted octanol–water partition coefficient (Wildman–Crippen LogP) is 1.48. The summed E-state index contributed by atoms with van der Waals surface area (Å²) in [6.45, 7) is 5.49. The van der Waals surface area contributed by atoms with Gasteiger partial charge in [-0.1, -0.05) is 24.6 Å². The Morgan fingerprint density at radius 3 is 2.60 bits per heavy atom. The van der Waals surface area contributed by atoms with Crippen molar-refractivity contribution in [2.75, 3.05) is 26.0 Å². The second kappa shape index (κ2) is 9.10. The molecule has 3 atom stereocenters. The number of nitrogens with one attached hydrogen (secondary N) is 1. The van der Waals surface area contributed by atoms with Crippen molar-refractivity contribution in [1.29, 1.82) is 0 Å². The zero-order valence-electron chi connectivity index (χ0n) is 12.5. The van der Waals surface area contributed by atoms with E-state index in [1.165, 1.54) is 5.56 Å². The van der Waals surface area contributed by atoms with Crippen LogP contribution >= 0.6 is 0 Å². The minimum Gasteiger partial charge on any atom is -0.491 e. The zero-order chi connectivity index (χ0) is 15.0. The van der Waals surface area contributed by atoms with Crippen LogP contribution in [-0.4, -0.2) is 46.6 Å². The third kappa shape index (κ3) is 7.03. The Bertz CT molecular complexity index is 408. The fourth-order valence-electron chi connectivity index (χ4n) is 1.63. The molecule has 0 aliphatic rings. The standard InChI is InChI=1S/C15H25NO3S/c1-12-4-6-15(7-5-12)19-11-14(17)10-16-9-8-13(2)20(3)18/h4-7,13-14,16-17H,8-11H2,1-3H3. The normalized spacial score (nSPS) is 15.6. The fraction of sp³-hybridized carbons (Fsp3) is 0.600. The van der Waals surface area contributed by atoms with E-state index < -0.39 is 16.9 Å². The van der Waals surface area contributed by atoms with Gasteiger partial charge < -0.3 is 15.2 Å². The maximum atomic E-state index is 11.2. The number of hydrogen-bond donors (Lipinski definition) is 2. The molecule has 2 N–H and O–H groups in total. The van der Waals surface area contributed by atoms with E-state index in [-0.39, 0.29) is 11.9 Å². The van der Waals surface area contributed by atoms with Crippen LogP contribution in [0, 0.1) is 6.92 Å². The summed E-state index contributed by atoms with van der Waals surface area (Å²) in [7, 11) is -0.782. The Kier molecular flexibility index (Phi) is 7.80. The first kappa shape index (κ1) is 17.1. The van der Waals surface area contributed by atoms with Crippen molar-refractivity contribution in [3.05, 3.63) is 29.8 Å². The number of rotatable bonds is 9. The molecule has 0 fully saturated rings. The van der Waals surface area contributed by atoms with Gasteiger partial charge in [-0.25, -0.2) is 0 Å². The summed E-state index contributed by atoms with van der Waals surface area (Å²) in [6.07, 6.45) is 2.02. The zero-order valence-corrected chi connectivity index (χ0v) is 13.3. The Labute approximate surface area is 124 Å². The number of benzene rings is 1. The molecule has 0 aliphatic carbocycles. The SMILES string of the molecule is Cc1ccc(OCC(O)CNCCC(C)S(C)=O)cc1. The first-order valence-corrected chi connectivity index (χ1v) is 8.51. The summed E-state index contributed by atoms with van der Waals surface area (Å²) < 4.78 is 16.7. The largest absolute Gasteiger partial charge is 0.491 e. The van der Waals surface area contributed by atoms with Gasteiger partial charge in [0.15, 0.2) is 0 Å². The summed E-state index contributed by atoms with van der Waals surface area (Å²) in [5.74, 6) is 0.768. The Morgan fingerprint density at radius 1 is 1.35 bits per heavy atom. The summed E-state index contributed by atoms with van der Waals surface area (Å²) >= 11 is 0. The molecule has 0 saturated carbocycles. The average molecular weight is 299 g/mol. The molecule has 0 amide bonds. The highest BCUT2D eigenvalue weighted by Gasteiger charge is 2.07. The molecule has 3 unspecified atom stereocenters. The van der Waals surface area contributed by atoms with Crippen LogP contribution in [0.5, 0.6) is 5.75 Å². The molecule has 0 aliphatic heterocycles. The molecule has 5 heteroatoms. The van der Waals surface area contributed by atoms with Crippen LogP contribution in [-0.2, 0) is 10.8 Å². The second-order valence-corrected chi connectivity index (χ2v) is 6.88. The van der Waals surface area contributed by atoms with Crippen molar-refractivity contribution in [1.82, 2.24) is 5.32 Å². The minimum absolute atomic E-state index is 0.184. The van der Waals surface area contributed by atoms with E-state index in [2.05, 4.69) is 5.32 Å². The van der Waals surface area contributed by atoms with Crippen LogP contribution in [0.4, 0.5) is 0 Å². The maximum Gasteiger partial charge on any atom is 0.119 e. The van der Waals surface area contributed by atoms with Crippen molar-refractivity contribution in [2.24, 2.45) is 0 Å². The highest BCUT2D eigenvalue weighted by molar-refractivity contribution is 7.84. The summed E-state index contributed by atoms with van der Waals surface area (Å²) in [5, 5.41) is 13.1. The predicted molar refractivity (Wildman–Crippen MR) is 83.7 cm³/mol. The molecule has 0 saturated heterocycles. The lowest BCUT2D eigenvalue weighted by atomic mass is 10.2. The van der Waals surface area contributed by atoms with E-state index >= 15 is 0 Å². The summed E-state index contributed by atoms with van der Waals surface area (Å²) in [6, 6.07) is 7.75. The van der Waals surface area contributed by atoms with Gasteiger partial charge in [-0.2, -0.15) is 0 Å². The molecule has 20 heavy (non-hydrogen) atoms. The van der Waals surface area contributed by atoms with Crippen molar-refractivity contribution < 1.29 is 14.1 Å². The monoisotopic (exact) mass is 299 g/mol. The van der Waals surface area contributed by atoms with Crippen LogP contribution in [0.1, 0.15) is 18.9 Å². The fourth-order valence-corrected chi connectivity index (χ4v) is 2.08. The highest BCUT2D eigenvalue weighted by atomic mass is 32.2. The molecule has 0 heterocycles. The molecule has 0 aromatic heterocycles. The van der Waals surface area contributed by atoms with Gasteiger partial charge in [-0.3, -0.25) is 4.21 Å². The Hall–Kier alpha value is -0.910. The first-order chi connectivity index (χ1) is 9.49. The molecule has 0 bridgehead atoms. The molecule has 1 rings (SSSR count). The van der Waals surface area contributed by atoms with Crippen LogP contribution < -0.4 is 10.1 Å². The van der Waals surface area contributed by atoms with Crippen molar-refractivity contribution in [3.8, 4) is 5.75 Å². The van der Waals surface area contributed by atoms with Crippen molar-refractivity contribution in [3.63, 3.8) is 0 Å². The second-order valence-electron chi connectivity index (χ2n) is 5.08. The molecule has 0 spiro atoms. The van der Waals surface area contributed by atoms with Gasteiger partial charge in [0, 0.05) is 28.9 Å². The molecular formula is C15H25NO3S. The van der Waals surface area contributed by atoms with Gasteiger partial charge in [-0.15, -0.1) is 0 Å². The number of aliphatic hydroxyl groups excluding tert-OH is 1. The average Bonchev–Trinajstić information content (AvgIpc) is 2.42. The van der Waals surface area contributed by atoms with Gasteiger partial charge in [0.1, 0.15) is 18.5 Å².